The van der Waals surface area contributed by atoms with Crippen molar-refractivity contribution in [2.45, 2.75) is 64.1 Å². The lowest BCUT2D eigenvalue weighted by Crippen LogP contribution is -2.41. The largest absolute Gasteiger partial charge is 0.493 e. The standard InChI is InChI=1S/C32H38O9/c1-15(2)18-8-7-16(3)9-21(18)39-31-26-27(30(33)40-31)32(17-10-24(34-4)29(36-6)25(11-17)35-5)20-13-23-22(37-14-38-23)12-19(20)28(26)41-32/h10-13,15-16,18,21,26-28,31H,7-9,14H2,1-6H3/t16-,18+,21-,26+,27+,28+,31-,32-/m1/s1. The molecule has 3 fully saturated rings. The SMILES string of the molecule is COc1cc([C@@]23O[C@@H](c4cc5c(cc42)OCO5)[C@H]2[C@H](O[C@@H]4C[C@H](C)CC[C@H]4C(C)C)OC(=O)[C@H]23)cc(OC)c1OC. The van der Waals surface area contributed by atoms with E-state index in [9.17, 15) is 4.79 Å². The van der Waals surface area contributed by atoms with Crippen LogP contribution in [0.4, 0.5) is 0 Å². The van der Waals surface area contributed by atoms with E-state index >= 15 is 0 Å². The van der Waals surface area contributed by atoms with E-state index in [-0.39, 0.29) is 24.8 Å². The number of hydrogen-bond donors (Lipinski definition) is 0. The Hall–Kier alpha value is -3.17. The lowest BCUT2D eigenvalue weighted by Gasteiger charge is -2.39. The normalized spacial score (nSPS) is 34.4. The third-order valence-electron chi connectivity index (χ3n) is 9.90. The molecule has 41 heavy (non-hydrogen) atoms. The van der Waals surface area contributed by atoms with Gasteiger partial charge in [-0.25, -0.2) is 0 Å². The van der Waals surface area contributed by atoms with Crippen LogP contribution in [0.3, 0.4) is 0 Å². The number of carbonyl (C=O) groups is 1. The molecule has 0 aromatic heterocycles. The number of carbonyl (C=O) groups excluding carboxylic acids is 1. The molecule has 2 aromatic rings. The maximum Gasteiger partial charge on any atom is 0.315 e. The number of methoxy groups -OCH3 is 3. The van der Waals surface area contributed by atoms with Gasteiger partial charge in [-0.2, -0.15) is 0 Å². The Morgan fingerprint density at radius 3 is 2.32 bits per heavy atom. The van der Waals surface area contributed by atoms with Crippen LogP contribution < -0.4 is 23.7 Å². The van der Waals surface area contributed by atoms with Crippen molar-refractivity contribution >= 4 is 5.97 Å². The number of ether oxygens (including phenoxy) is 8. The van der Waals surface area contributed by atoms with Crippen molar-refractivity contribution in [1.29, 1.82) is 0 Å². The van der Waals surface area contributed by atoms with Crippen molar-refractivity contribution in [2.24, 2.45) is 29.6 Å². The van der Waals surface area contributed by atoms with Crippen LogP contribution in [0, 0.1) is 29.6 Å². The van der Waals surface area contributed by atoms with E-state index in [1.165, 1.54) is 6.42 Å². The highest BCUT2D eigenvalue weighted by Crippen LogP contribution is 2.69. The first-order valence-electron chi connectivity index (χ1n) is 14.6. The summed E-state index contributed by atoms with van der Waals surface area (Å²) in [4.78, 5) is 13.9. The molecule has 220 valence electrons. The monoisotopic (exact) mass is 566 g/mol. The van der Waals surface area contributed by atoms with E-state index in [0.29, 0.717) is 52.1 Å². The van der Waals surface area contributed by atoms with Crippen molar-refractivity contribution < 1.29 is 42.7 Å². The van der Waals surface area contributed by atoms with Crippen molar-refractivity contribution in [3.63, 3.8) is 0 Å². The summed E-state index contributed by atoms with van der Waals surface area (Å²) in [5.41, 5.74) is 1.36. The van der Waals surface area contributed by atoms with Gasteiger partial charge in [-0.3, -0.25) is 4.79 Å². The third kappa shape index (κ3) is 3.77. The Kier molecular flexibility index (Phi) is 6.32. The molecule has 9 nitrogen and oxygen atoms in total. The van der Waals surface area contributed by atoms with E-state index in [1.54, 1.807) is 21.3 Å². The lowest BCUT2D eigenvalue weighted by molar-refractivity contribution is -0.205. The fraction of sp³-hybridized carbons (Fsp3) is 0.594. The van der Waals surface area contributed by atoms with Crippen LogP contribution in [0.25, 0.3) is 0 Å². The van der Waals surface area contributed by atoms with E-state index < -0.39 is 23.9 Å². The van der Waals surface area contributed by atoms with Crippen LogP contribution in [0.15, 0.2) is 24.3 Å². The summed E-state index contributed by atoms with van der Waals surface area (Å²) in [5.74, 6) is 2.86. The van der Waals surface area contributed by atoms with E-state index in [0.717, 1.165) is 24.0 Å². The van der Waals surface area contributed by atoms with Crippen molar-refractivity contribution in [1.82, 2.24) is 0 Å². The maximum atomic E-state index is 13.9. The highest BCUT2D eigenvalue weighted by Gasteiger charge is 2.72. The van der Waals surface area contributed by atoms with Gasteiger partial charge in [-0.1, -0.05) is 27.2 Å². The molecule has 5 aliphatic rings. The number of benzene rings is 2. The molecule has 7 rings (SSSR count). The summed E-state index contributed by atoms with van der Waals surface area (Å²) >= 11 is 0. The van der Waals surface area contributed by atoms with E-state index in [2.05, 4.69) is 20.8 Å². The molecule has 2 bridgehead atoms. The third-order valence-corrected chi connectivity index (χ3v) is 9.90. The molecule has 0 radical (unpaired) electrons. The predicted molar refractivity (Wildman–Crippen MR) is 146 cm³/mol. The topological polar surface area (TPSA) is 90.9 Å². The zero-order valence-corrected chi connectivity index (χ0v) is 24.4. The molecule has 4 aliphatic heterocycles. The molecular weight excluding hydrogens is 528 g/mol. The van der Waals surface area contributed by atoms with Crippen LogP contribution in [-0.4, -0.2) is 46.5 Å². The Labute approximate surface area is 240 Å². The Balaban J connectivity index is 1.36. The molecule has 0 N–H and O–H groups in total. The lowest BCUT2D eigenvalue weighted by atomic mass is 9.66. The molecule has 2 aromatic carbocycles. The number of rotatable bonds is 7. The van der Waals surface area contributed by atoms with Gasteiger partial charge >= 0.3 is 5.97 Å². The minimum Gasteiger partial charge on any atom is -0.493 e. The van der Waals surface area contributed by atoms with Gasteiger partial charge in [0.05, 0.1) is 39.5 Å². The molecular formula is C32H38O9. The number of fused-ring (bicyclic) bond motifs is 9. The van der Waals surface area contributed by atoms with Gasteiger partial charge in [0.2, 0.25) is 18.8 Å². The molecule has 0 amide bonds. The summed E-state index contributed by atoms with van der Waals surface area (Å²) in [6.45, 7) is 6.92. The van der Waals surface area contributed by atoms with Crippen molar-refractivity contribution in [3.8, 4) is 28.7 Å². The van der Waals surface area contributed by atoms with Crippen LogP contribution in [0.5, 0.6) is 28.7 Å². The van der Waals surface area contributed by atoms with E-state index in [1.807, 2.05) is 24.3 Å². The van der Waals surface area contributed by atoms with Crippen LogP contribution in [0.2, 0.25) is 0 Å². The summed E-state index contributed by atoms with van der Waals surface area (Å²) < 4.78 is 48.4. The molecule has 4 heterocycles. The Bertz CT molecular complexity index is 1350. The average molecular weight is 567 g/mol. The number of esters is 1. The van der Waals surface area contributed by atoms with Gasteiger partial charge in [0.1, 0.15) is 11.5 Å². The highest BCUT2D eigenvalue weighted by atomic mass is 16.7. The second-order valence-corrected chi connectivity index (χ2v) is 12.3. The molecule has 1 saturated carbocycles. The van der Waals surface area contributed by atoms with Crippen LogP contribution >= 0.6 is 0 Å². The first-order valence-corrected chi connectivity index (χ1v) is 14.6. The predicted octanol–water partition coefficient (Wildman–Crippen LogP) is 5.36. The molecule has 9 heteroatoms. The molecule has 0 unspecified atom stereocenters. The van der Waals surface area contributed by atoms with Gasteiger partial charge in [0.25, 0.3) is 0 Å². The zero-order chi connectivity index (χ0) is 28.6. The van der Waals surface area contributed by atoms with Gasteiger partial charge in [0, 0.05) is 0 Å². The summed E-state index contributed by atoms with van der Waals surface area (Å²) in [6.07, 6.45) is 2.13. The smallest absolute Gasteiger partial charge is 0.315 e. The highest BCUT2D eigenvalue weighted by molar-refractivity contribution is 5.81. The first kappa shape index (κ1) is 26.7. The molecule has 0 spiro atoms. The molecule has 1 aliphatic carbocycles. The summed E-state index contributed by atoms with van der Waals surface area (Å²) in [6, 6.07) is 7.65. The van der Waals surface area contributed by atoms with Crippen molar-refractivity contribution in [3.05, 3.63) is 41.0 Å². The van der Waals surface area contributed by atoms with Gasteiger partial charge in [-0.15, -0.1) is 0 Å². The molecule has 2 saturated heterocycles. The van der Waals surface area contributed by atoms with Gasteiger partial charge in [-0.05, 0) is 71.6 Å². The Morgan fingerprint density at radius 2 is 1.66 bits per heavy atom. The fourth-order valence-corrected chi connectivity index (χ4v) is 7.96. The zero-order valence-electron chi connectivity index (χ0n) is 24.4. The Morgan fingerprint density at radius 1 is 0.951 bits per heavy atom. The van der Waals surface area contributed by atoms with Crippen LogP contribution in [0.1, 0.15) is 62.8 Å². The minimum absolute atomic E-state index is 0.0165. The fourth-order valence-electron chi connectivity index (χ4n) is 7.96. The second kappa shape index (κ2) is 9.70. The van der Waals surface area contributed by atoms with Crippen LogP contribution in [-0.2, 0) is 24.6 Å². The second-order valence-electron chi connectivity index (χ2n) is 12.3. The first-order chi connectivity index (χ1) is 19.8. The van der Waals surface area contributed by atoms with Gasteiger partial charge < -0.3 is 37.9 Å². The van der Waals surface area contributed by atoms with E-state index in [4.69, 9.17) is 37.9 Å². The number of cyclic esters (lactones) is 1. The summed E-state index contributed by atoms with van der Waals surface area (Å²) in [5, 5.41) is 0. The van der Waals surface area contributed by atoms with Crippen molar-refractivity contribution in [2.75, 3.05) is 28.1 Å². The van der Waals surface area contributed by atoms with Gasteiger partial charge in [0.15, 0.2) is 23.0 Å². The number of hydrogen-bond acceptors (Lipinski definition) is 9. The minimum atomic E-state index is -1.16. The summed E-state index contributed by atoms with van der Waals surface area (Å²) in [7, 11) is 4.71. The maximum absolute atomic E-state index is 13.9. The quantitative estimate of drug-likeness (QED) is 0.411. The average Bonchev–Trinajstić information content (AvgIpc) is 3.72. The molecule has 8 atom stereocenters.